The van der Waals surface area contributed by atoms with Gasteiger partial charge < -0.3 is 19.4 Å². The molecule has 0 bridgehead atoms. The summed E-state index contributed by atoms with van der Waals surface area (Å²) >= 11 is 0. The molecule has 158 valence electrons. The SMILES string of the molecule is CC[C@@]1(OC(=O)CNC)C(=O)OCc2c1cc1n(c2=O)Cc2cc3ccccc3nc2-1. The van der Waals surface area contributed by atoms with Crippen molar-refractivity contribution in [3.05, 3.63) is 63.4 Å². The van der Waals surface area contributed by atoms with E-state index in [4.69, 9.17) is 14.5 Å². The van der Waals surface area contributed by atoms with Crippen LogP contribution < -0.4 is 10.9 Å². The number of nitrogens with one attached hydrogen (secondary N) is 1. The average molecular weight is 419 g/mol. The summed E-state index contributed by atoms with van der Waals surface area (Å²) in [5.74, 6) is -1.26. The van der Waals surface area contributed by atoms with E-state index in [-0.39, 0.29) is 25.1 Å². The van der Waals surface area contributed by atoms with Crippen molar-refractivity contribution in [2.45, 2.75) is 32.1 Å². The Kier molecular flexibility index (Phi) is 4.40. The third-order valence-corrected chi connectivity index (χ3v) is 5.99. The van der Waals surface area contributed by atoms with Crippen LogP contribution in [0.1, 0.15) is 30.0 Å². The molecule has 2 aliphatic rings. The summed E-state index contributed by atoms with van der Waals surface area (Å²) < 4.78 is 12.6. The van der Waals surface area contributed by atoms with Crippen LogP contribution in [-0.2, 0) is 37.8 Å². The molecule has 5 rings (SSSR count). The molecule has 1 N–H and O–H groups in total. The molecular formula is C23H21N3O5. The predicted octanol–water partition coefficient (Wildman–Crippen LogP) is 1.85. The van der Waals surface area contributed by atoms with E-state index in [2.05, 4.69) is 5.32 Å². The summed E-state index contributed by atoms with van der Waals surface area (Å²) in [5, 5.41) is 3.71. The van der Waals surface area contributed by atoms with E-state index in [1.807, 2.05) is 30.3 Å². The number of cyclic esters (lactones) is 1. The second-order valence-corrected chi connectivity index (χ2v) is 7.76. The van der Waals surface area contributed by atoms with Crippen molar-refractivity contribution in [1.29, 1.82) is 0 Å². The van der Waals surface area contributed by atoms with Gasteiger partial charge in [-0.15, -0.1) is 0 Å². The minimum Gasteiger partial charge on any atom is -0.457 e. The molecule has 3 aromatic rings. The van der Waals surface area contributed by atoms with Crippen LogP contribution in [0.15, 0.2) is 41.2 Å². The first-order valence-corrected chi connectivity index (χ1v) is 10.2. The summed E-state index contributed by atoms with van der Waals surface area (Å²) in [6.45, 7) is 1.91. The molecule has 0 amide bonds. The third-order valence-electron chi connectivity index (χ3n) is 5.99. The van der Waals surface area contributed by atoms with Gasteiger partial charge in [-0.1, -0.05) is 25.1 Å². The van der Waals surface area contributed by atoms with Gasteiger partial charge in [0, 0.05) is 16.5 Å². The van der Waals surface area contributed by atoms with Gasteiger partial charge in [0.05, 0.1) is 35.6 Å². The van der Waals surface area contributed by atoms with Crippen molar-refractivity contribution < 1.29 is 19.1 Å². The highest BCUT2D eigenvalue weighted by Crippen LogP contribution is 2.40. The van der Waals surface area contributed by atoms with Crippen molar-refractivity contribution in [3.8, 4) is 11.4 Å². The topological polar surface area (TPSA) is 99.5 Å². The molecule has 0 radical (unpaired) electrons. The normalized spacial score (nSPS) is 18.8. The van der Waals surface area contributed by atoms with Crippen LogP contribution >= 0.6 is 0 Å². The van der Waals surface area contributed by atoms with Crippen LogP contribution in [0.5, 0.6) is 0 Å². The Labute approximate surface area is 177 Å². The van der Waals surface area contributed by atoms with E-state index in [1.165, 1.54) is 0 Å². The molecule has 0 saturated carbocycles. The van der Waals surface area contributed by atoms with E-state index < -0.39 is 17.5 Å². The van der Waals surface area contributed by atoms with E-state index in [1.54, 1.807) is 24.6 Å². The van der Waals surface area contributed by atoms with Crippen molar-refractivity contribution in [1.82, 2.24) is 14.9 Å². The molecule has 1 atom stereocenters. The van der Waals surface area contributed by atoms with Gasteiger partial charge in [-0.25, -0.2) is 9.78 Å². The fraction of sp³-hybridized carbons (Fsp3) is 0.304. The zero-order valence-electron chi connectivity index (χ0n) is 17.2. The molecule has 0 fully saturated rings. The fourth-order valence-corrected chi connectivity index (χ4v) is 4.46. The first-order valence-electron chi connectivity index (χ1n) is 10.2. The predicted molar refractivity (Wildman–Crippen MR) is 112 cm³/mol. The molecular weight excluding hydrogens is 398 g/mol. The number of hydrogen-bond donors (Lipinski definition) is 1. The number of carbonyl (C=O) groups excluding carboxylic acids is 2. The Hall–Kier alpha value is -3.52. The molecule has 2 aliphatic heterocycles. The van der Waals surface area contributed by atoms with Crippen molar-refractivity contribution in [3.63, 3.8) is 0 Å². The number of carbonyl (C=O) groups is 2. The van der Waals surface area contributed by atoms with E-state index in [0.717, 1.165) is 16.5 Å². The number of pyridine rings is 2. The molecule has 31 heavy (non-hydrogen) atoms. The lowest BCUT2D eigenvalue weighted by molar-refractivity contribution is -0.188. The zero-order chi connectivity index (χ0) is 21.8. The smallest absolute Gasteiger partial charge is 0.355 e. The quantitative estimate of drug-likeness (QED) is 0.504. The number of likely N-dealkylation sites (N-methyl/N-ethyl adjacent to an activating group) is 1. The van der Waals surface area contributed by atoms with Gasteiger partial charge in [0.25, 0.3) is 5.56 Å². The number of benzene rings is 1. The molecule has 0 aliphatic carbocycles. The highest BCUT2D eigenvalue weighted by Gasteiger charge is 2.50. The largest absolute Gasteiger partial charge is 0.457 e. The van der Waals surface area contributed by atoms with E-state index >= 15 is 0 Å². The van der Waals surface area contributed by atoms with Crippen LogP contribution in [-0.4, -0.2) is 35.1 Å². The Bertz CT molecular complexity index is 1310. The lowest BCUT2D eigenvalue weighted by Gasteiger charge is -2.35. The summed E-state index contributed by atoms with van der Waals surface area (Å²) in [5.41, 5.74) is 1.86. The molecule has 0 saturated heterocycles. The molecule has 1 aromatic carbocycles. The Morgan fingerprint density at radius 2 is 2.10 bits per heavy atom. The standard InChI is InChI=1S/C23H21N3O5/c1-3-23(31-19(27)10-24-2)16-9-18-20-14(8-13-6-4-5-7-17(13)25-20)11-26(18)21(28)15(16)12-30-22(23)29/h4-9,24H,3,10-12H2,1-2H3/t23-/m0/s1. The van der Waals surface area contributed by atoms with Gasteiger partial charge in [0.2, 0.25) is 5.60 Å². The molecule has 4 heterocycles. The number of ether oxygens (including phenoxy) is 2. The maximum atomic E-state index is 13.4. The highest BCUT2D eigenvalue weighted by molar-refractivity contribution is 5.88. The van der Waals surface area contributed by atoms with Gasteiger partial charge in [0.15, 0.2) is 0 Å². The van der Waals surface area contributed by atoms with Crippen LogP contribution in [0.4, 0.5) is 0 Å². The number of para-hydroxylation sites is 1. The van der Waals surface area contributed by atoms with Gasteiger partial charge in [0.1, 0.15) is 6.61 Å². The van der Waals surface area contributed by atoms with Crippen LogP contribution in [0.2, 0.25) is 0 Å². The van der Waals surface area contributed by atoms with E-state index in [9.17, 15) is 14.4 Å². The van der Waals surface area contributed by atoms with Gasteiger partial charge in [-0.2, -0.15) is 0 Å². The van der Waals surface area contributed by atoms with Gasteiger partial charge in [-0.3, -0.25) is 9.59 Å². The van der Waals surface area contributed by atoms with Crippen molar-refractivity contribution in [2.75, 3.05) is 13.6 Å². The second kappa shape index (κ2) is 7.02. The molecule has 8 nitrogen and oxygen atoms in total. The van der Waals surface area contributed by atoms with Crippen LogP contribution in [0.25, 0.3) is 22.3 Å². The van der Waals surface area contributed by atoms with Gasteiger partial charge >= 0.3 is 11.9 Å². The minimum absolute atomic E-state index is 0.0648. The molecule has 8 heteroatoms. The maximum absolute atomic E-state index is 13.4. The first kappa shape index (κ1) is 19.4. The first-order chi connectivity index (χ1) is 15.0. The Morgan fingerprint density at radius 3 is 2.87 bits per heavy atom. The summed E-state index contributed by atoms with van der Waals surface area (Å²) in [6, 6.07) is 11.6. The summed E-state index contributed by atoms with van der Waals surface area (Å²) in [6.07, 6.45) is 0.148. The minimum atomic E-state index is -1.66. The lowest BCUT2D eigenvalue weighted by Crippen LogP contribution is -2.48. The van der Waals surface area contributed by atoms with Crippen molar-refractivity contribution >= 4 is 22.8 Å². The fourth-order valence-electron chi connectivity index (χ4n) is 4.46. The monoisotopic (exact) mass is 419 g/mol. The number of esters is 2. The maximum Gasteiger partial charge on any atom is 0.355 e. The molecule has 2 aromatic heterocycles. The third kappa shape index (κ3) is 2.79. The number of rotatable bonds is 4. The summed E-state index contributed by atoms with van der Waals surface area (Å²) in [4.78, 5) is 43.3. The lowest BCUT2D eigenvalue weighted by atomic mass is 9.85. The number of hydrogen-bond acceptors (Lipinski definition) is 7. The Balaban J connectivity index is 1.73. The van der Waals surface area contributed by atoms with Crippen LogP contribution in [0.3, 0.4) is 0 Å². The van der Waals surface area contributed by atoms with E-state index in [0.29, 0.717) is 29.1 Å². The Morgan fingerprint density at radius 1 is 1.29 bits per heavy atom. The van der Waals surface area contributed by atoms with Crippen LogP contribution in [0, 0.1) is 0 Å². The van der Waals surface area contributed by atoms with Gasteiger partial charge in [-0.05, 0) is 31.7 Å². The molecule has 0 unspecified atom stereocenters. The second-order valence-electron chi connectivity index (χ2n) is 7.76. The number of fused-ring (bicyclic) bond motifs is 5. The number of nitrogens with zero attached hydrogens (tertiary/aromatic N) is 2. The summed E-state index contributed by atoms with van der Waals surface area (Å²) in [7, 11) is 1.61. The zero-order valence-corrected chi connectivity index (χ0v) is 17.2. The number of aromatic nitrogens is 2. The average Bonchev–Trinajstić information content (AvgIpc) is 3.12. The molecule has 0 spiro atoms. The highest BCUT2D eigenvalue weighted by atomic mass is 16.6. The van der Waals surface area contributed by atoms with Crippen molar-refractivity contribution in [2.24, 2.45) is 0 Å².